The van der Waals surface area contributed by atoms with Crippen LogP contribution in [0.3, 0.4) is 0 Å². The molecule has 0 radical (unpaired) electrons. The summed E-state index contributed by atoms with van der Waals surface area (Å²) in [5.41, 5.74) is 0. The molecule has 0 amide bonds. The van der Waals surface area contributed by atoms with Crippen molar-refractivity contribution in [1.82, 2.24) is 0 Å². The van der Waals surface area contributed by atoms with Gasteiger partial charge in [-0.1, -0.05) is 121 Å². The Balaban J connectivity index is 0.000000278. The molecule has 0 spiro atoms. The van der Waals surface area contributed by atoms with Gasteiger partial charge in [-0.2, -0.15) is 0 Å². The first-order valence-electron chi connectivity index (χ1n) is 8.50. The van der Waals surface area contributed by atoms with E-state index in [0.717, 1.165) is 5.02 Å². The Bertz CT molecular complexity index is 790. The third-order valence-corrected chi connectivity index (χ3v) is 6.47. The average molecular weight is 476 g/mol. The van der Waals surface area contributed by atoms with E-state index in [1.807, 2.05) is 30.3 Å². The molecule has 0 fully saturated rings. The molecule has 0 N–H and O–H groups in total. The van der Waals surface area contributed by atoms with Gasteiger partial charge < -0.3 is 0 Å². The van der Waals surface area contributed by atoms with Crippen molar-refractivity contribution in [3.05, 3.63) is 126 Å². The standard InChI is InChI=1S/C18H15P.C6H5Cl.Ru/c1-4-10-16(11-5-1)19(17-12-6-2-7-13-17)18-14-8-3-9-15-18;7-6-4-2-1-3-5-6;/h1-15H;1-5H;. The van der Waals surface area contributed by atoms with Crippen LogP contribution in [-0.4, -0.2) is 0 Å². The van der Waals surface area contributed by atoms with Crippen LogP contribution < -0.4 is 15.9 Å². The Morgan fingerprint density at radius 1 is 0.407 bits per heavy atom. The minimum absolute atomic E-state index is 0. The topological polar surface area (TPSA) is 0 Å². The zero-order chi connectivity index (χ0) is 18.0. The van der Waals surface area contributed by atoms with Crippen LogP contribution in [0.4, 0.5) is 0 Å². The fourth-order valence-electron chi connectivity index (χ4n) is 2.59. The third kappa shape index (κ3) is 6.71. The summed E-state index contributed by atoms with van der Waals surface area (Å²) in [5, 5.41) is 4.99. The van der Waals surface area contributed by atoms with Crippen molar-refractivity contribution in [3.63, 3.8) is 0 Å². The Morgan fingerprint density at radius 3 is 0.889 bits per heavy atom. The van der Waals surface area contributed by atoms with Crippen LogP contribution in [0.15, 0.2) is 121 Å². The van der Waals surface area contributed by atoms with E-state index >= 15 is 0 Å². The zero-order valence-electron chi connectivity index (χ0n) is 14.7. The minimum atomic E-state index is -0.446. The van der Waals surface area contributed by atoms with Gasteiger partial charge in [0.1, 0.15) is 0 Å². The van der Waals surface area contributed by atoms with Gasteiger partial charge in [0.2, 0.25) is 0 Å². The van der Waals surface area contributed by atoms with Crippen molar-refractivity contribution in [2.24, 2.45) is 0 Å². The molecule has 4 rings (SSSR count). The molecule has 4 aromatic rings. The Hall–Kier alpha value is -1.78. The van der Waals surface area contributed by atoms with Gasteiger partial charge in [0.25, 0.3) is 0 Å². The molecule has 0 unspecified atom stereocenters. The van der Waals surface area contributed by atoms with Crippen LogP contribution in [0, 0.1) is 0 Å². The smallest absolute Gasteiger partial charge is 0.0405 e. The molecule has 0 aliphatic carbocycles. The molecule has 136 valence electrons. The summed E-state index contributed by atoms with van der Waals surface area (Å²) in [5.74, 6) is 0. The summed E-state index contributed by atoms with van der Waals surface area (Å²) in [4.78, 5) is 0. The maximum atomic E-state index is 5.54. The van der Waals surface area contributed by atoms with E-state index < -0.39 is 7.92 Å². The maximum absolute atomic E-state index is 5.54. The molecular formula is C24H20ClPRu. The fraction of sp³-hybridized carbons (Fsp3) is 0. The van der Waals surface area contributed by atoms with Gasteiger partial charge in [-0.3, -0.25) is 0 Å². The third-order valence-electron chi connectivity index (χ3n) is 3.78. The molecule has 0 aliphatic heterocycles. The molecule has 0 nitrogen and oxygen atoms in total. The van der Waals surface area contributed by atoms with Gasteiger partial charge in [-0.05, 0) is 36.0 Å². The fourth-order valence-corrected chi connectivity index (χ4v) is 5.04. The molecule has 0 heterocycles. The summed E-state index contributed by atoms with van der Waals surface area (Å²) in [6.07, 6.45) is 0. The van der Waals surface area contributed by atoms with Gasteiger partial charge in [0.05, 0.1) is 0 Å². The first kappa shape index (κ1) is 21.5. The van der Waals surface area contributed by atoms with Crippen LogP contribution in [0.5, 0.6) is 0 Å². The summed E-state index contributed by atoms with van der Waals surface area (Å²) >= 11 is 5.54. The van der Waals surface area contributed by atoms with Gasteiger partial charge in [0.15, 0.2) is 0 Å². The van der Waals surface area contributed by atoms with Crippen LogP contribution in [0.2, 0.25) is 5.02 Å². The second kappa shape index (κ2) is 11.8. The van der Waals surface area contributed by atoms with Gasteiger partial charge in [-0.15, -0.1) is 0 Å². The monoisotopic (exact) mass is 476 g/mol. The molecule has 3 heteroatoms. The second-order valence-electron chi connectivity index (χ2n) is 5.64. The Kier molecular flexibility index (Phi) is 9.43. The molecule has 4 aromatic carbocycles. The number of benzene rings is 4. The number of rotatable bonds is 3. The number of hydrogen-bond donors (Lipinski definition) is 0. The van der Waals surface area contributed by atoms with E-state index in [-0.39, 0.29) is 19.5 Å². The molecule has 0 saturated carbocycles. The molecular weight excluding hydrogens is 456 g/mol. The maximum Gasteiger partial charge on any atom is 0.0405 e. The van der Waals surface area contributed by atoms with Crippen LogP contribution in [-0.2, 0) is 19.5 Å². The first-order valence-corrected chi connectivity index (χ1v) is 10.2. The number of halogens is 1. The van der Waals surface area contributed by atoms with E-state index in [9.17, 15) is 0 Å². The largest absolute Gasteiger partial charge is 0.0843 e. The van der Waals surface area contributed by atoms with Crippen molar-refractivity contribution in [2.45, 2.75) is 0 Å². The molecule has 0 bridgehead atoms. The van der Waals surface area contributed by atoms with Gasteiger partial charge in [0, 0.05) is 24.5 Å². The van der Waals surface area contributed by atoms with Crippen LogP contribution in [0.25, 0.3) is 0 Å². The predicted octanol–water partition coefficient (Wildman–Crippen LogP) is 5.78. The average Bonchev–Trinajstić information content (AvgIpc) is 2.72. The molecule has 0 saturated heterocycles. The number of hydrogen-bond acceptors (Lipinski definition) is 0. The summed E-state index contributed by atoms with van der Waals surface area (Å²) < 4.78 is 0. The van der Waals surface area contributed by atoms with E-state index in [1.165, 1.54) is 15.9 Å². The Labute approximate surface area is 180 Å². The van der Waals surface area contributed by atoms with Crippen LogP contribution in [0.1, 0.15) is 0 Å². The van der Waals surface area contributed by atoms with Gasteiger partial charge >= 0.3 is 0 Å². The van der Waals surface area contributed by atoms with E-state index in [1.54, 1.807) is 0 Å². The zero-order valence-corrected chi connectivity index (χ0v) is 18.1. The molecule has 0 aromatic heterocycles. The van der Waals surface area contributed by atoms with Crippen molar-refractivity contribution >= 4 is 35.4 Å². The van der Waals surface area contributed by atoms with Crippen molar-refractivity contribution in [3.8, 4) is 0 Å². The Morgan fingerprint density at radius 2 is 0.667 bits per heavy atom. The quantitative estimate of drug-likeness (QED) is 0.260. The van der Waals surface area contributed by atoms with Crippen molar-refractivity contribution in [1.29, 1.82) is 0 Å². The van der Waals surface area contributed by atoms with E-state index in [0.29, 0.717) is 0 Å². The van der Waals surface area contributed by atoms with Crippen molar-refractivity contribution in [2.75, 3.05) is 0 Å². The summed E-state index contributed by atoms with van der Waals surface area (Å²) in [7, 11) is -0.446. The van der Waals surface area contributed by atoms with Gasteiger partial charge in [-0.25, -0.2) is 0 Å². The molecule has 27 heavy (non-hydrogen) atoms. The summed E-state index contributed by atoms with van der Waals surface area (Å²) in [6, 6.07) is 41.8. The molecule has 0 atom stereocenters. The first-order chi connectivity index (χ1) is 12.8. The van der Waals surface area contributed by atoms with E-state index in [2.05, 4.69) is 91.0 Å². The molecule has 0 aliphatic rings. The minimum Gasteiger partial charge on any atom is -0.0843 e. The summed E-state index contributed by atoms with van der Waals surface area (Å²) in [6.45, 7) is 0. The second-order valence-corrected chi connectivity index (χ2v) is 8.29. The van der Waals surface area contributed by atoms with Crippen LogP contribution >= 0.6 is 19.5 Å². The van der Waals surface area contributed by atoms with E-state index in [4.69, 9.17) is 11.6 Å². The predicted molar refractivity (Wildman–Crippen MR) is 117 cm³/mol. The SMILES string of the molecule is Clc1ccccc1.[Ru].c1ccc(P(c2ccccc2)c2ccccc2)cc1. The normalized spacial score (nSPS) is 9.70. The van der Waals surface area contributed by atoms with Crippen molar-refractivity contribution < 1.29 is 19.5 Å².